The first-order chi connectivity index (χ1) is 11.1. The normalized spacial score (nSPS) is 11.9. The van der Waals surface area contributed by atoms with Crippen LogP contribution in [0.5, 0.6) is 0 Å². The number of aromatic nitrogens is 1. The molecule has 0 aliphatic carbocycles. The second kappa shape index (κ2) is 6.39. The number of hydrogen-bond acceptors (Lipinski definition) is 3. The second-order valence-corrected chi connectivity index (χ2v) is 4.82. The molecule has 0 aliphatic rings. The number of rotatable bonds is 4. The lowest BCUT2D eigenvalue weighted by molar-refractivity contribution is 0.0929. The smallest absolute Gasteiger partial charge is 0.273 e. The standard InChI is InChI=1S/C17H12F2N2O2/c18-12-9-13(19)16(20-10-12)17(22)21-15(14-7-4-8-23-14)11-5-2-1-3-6-11/h1-10,15H,(H,21,22)/t15-/m0/s1. The molecule has 0 unspecified atom stereocenters. The maximum Gasteiger partial charge on any atom is 0.273 e. The highest BCUT2D eigenvalue weighted by atomic mass is 19.1. The number of benzene rings is 1. The number of nitrogens with zero attached hydrogens (tertiary/aromatic N) is 1. The van der Waals surface area contributed by atoms with Crippen molar-refractivity contribution in [3.05, 3.63) is 89.6 Å². The van der Waals surface area contributed by atoms with E-state index in [1.165, 1.54) is 6.26 Å². The summed E-state index contributed by atoms with van der Waals surface area (Å²) in [5.41, 5.74) is 0.289. The quantitative estimate of drug-likeness (QED) is 0.802. The van der Waals surface area contributed by atoms with Gasteiger partial charge in [0.1, 0.15) is 17.6 Å². The summed E-state index contributed by atoms with van der Waals surface area (Å²) in [5, 5.41) is 2.65. The lowest BCUT2D eigenvalue weighted by Gasteiger charge is -2.17. The fraction of sp³-hybridized carbons (Fsp3) is 0.0588. The van der Waals surface area contributed by atoms with Crippen molar-refractivity contribution in [2.45, 2.75) is 6.04 Å². The van der Waals surface area contributed by atoms with Crippen LogP contribution in [0.25, 0.3) is 0 Å². The summed E-state index contributed by atoms with van der Waals surface area (Å²) >= 11 is 0. The highest BCUT2D eigenvalue weighted by Gasteiger charge is 2.22. The van der Waals surface area contributed by atoms with Gasteiger partial charge in [-0.3, -0.25) is 4.79 Å². The van der Waals surface area contributed by atoms with Gasteiger partial charge in [-0.1, -0.05) is 30.3 Å². The van der Waals surface area contributed by atoms with Crippen LogP contribution >= 0.6 is 0 Å². The molecule has 4 nitrogen and oxygen atoms in total. The number of pyridine rings is 1. The summed E-state index contributed by atoms with van der Waals surface area (Å²) in [4.78, 5) is 15.8. The Morgan fingerprint density at radius 2 is 1.91 bits per heavy atom. The van der Waals surface area contributed by atoms with E-state index in [9.17, 15) is 13.6 Å². The molecule has 1 amide bonds. The SMILES string of the molecule is O=C(N[C@@H](c1ccccc1)c1ccco1)c1ncc(F)cc1F. The Balaban J connectivity index is 1.91. The van der Waals surface area contributed by atoms with Gasteiger partial charge in [-0.05, 0) is 17.7 Å². The Bertz CT molecular complexity index is 805. The molecule has 2 heterocycles. The van der Waals surface area contributed by atoms with Crippen LogP contribution in [0.1, 0.15) is 27.9 Å². The lowest BCUT2D eigenvalue weighted by Crippen LogP contribution is -2.30. The van der Waals surface area contributed by atoms with Gasteiger partial charge < -0.3 is 9.73 Å². The summed E-state index contributed by atoms with van der Waals surface area (Å²) in [6.07, 6.45) is 2.27. The zero-order valence-electron chi connectivity index (χ0n) is 11.9. The van der Waals surface area contributed by atoms with Gasteiger partial charge in [0, 0.05) is 6.07 Å². The molecule has 0 aliphatic heterocycles. The molecule has 3 aromatic rings. The first-order valence-electron chi connectivity index (χ1n) is 6.85. The van der Waals surface area contributed by atoms with Crippen LogP contribution in [-0.2, 0) is 0 Å². The van der Waals surface area contributed by atoms with Gasteiger partial charge in [0.25, 0.3) is 5.91 Å². The van der Waals surface area contributed by atoms with E-state index >= 15 is 0 Å². The second-order valence-electron chi connectivity index (χ2n) is 4.82. The molecule has 0 saturated heterocycles. The summed E-state index contributed by atoms with van der Waals surface area (Å²) in [6.45, 7) is 0. The van der Waals surface area contributed by atoms with E-state index in [0.717, 1.165) is 11.8 Å². The Hall–Kier alpha value is -3.02. The minimum atomic E-state index is -1.02. The van der Waals surface area contributed by atoms with Crippen molar-refractivity contribution < 1.29 is 18.0 Å². The van der Waals surface area contributed by atoms with Gasteiger partial charge in [-0.25, -0.2) is 13.8 Å². The highest BCUT2D eigenvalue weighted by molar-refractivity contribution is 5.93. The topological polar surface area (TPSA) is 55.1 Å². The summed E-state index contributed by atoms with van der Waals surface area (Å²) in [6, 6.07) is 12.5. The predicted octanol–water partition coefficient (Wildman–Crippen LogP) is 3.47. The van der Waals surface area contributed by atoms with Gasteiger partial charge in [0.2, 0.25) is 0 Å². The summed E-state index contributed by atoms with van der Waals surface area (Å²) in [5.74, 6) is -2.13. The number of amides is 1. The van der Waals surface area contributed by atoms with Crippen LogP contribution in [0.15, 0.2) is 65.4 Å². The molecule has 0 radical (unpaired) electrons. The van der Waals surface area contributed by atoms with Crippen molar-refractivity contribution in [1.29, 1.82) is 0 Å². The molecule has 116 valence electrons. The van der Waals surface area contributed by atoms with Gasteiger partial charge in [-0.15, -0.1) is 0 Å². The molecule has 0 spiro atoms. The Labute approximate surface area is 130 Å². The molecule has 1 N–H and O–H groups in total. The van der Waals surface area contributed by atoms with Crippen LogP contribution in [0.4, 0.5) is 8.78 Å². The molecule has 23 heavy (non-hydrogen) atoms. The third-order valence-corrected chi connectivity index (χ3v) is 3.26. The lowest BCUT2D eigenvalue weighted by atomic mass is 10.0. The Morgan fingerprint density at radius 3 is 2.57 bits per heavy atom. The van der Waals surface area contributed by atoms with E-state index in [-0.39, 0.29) is 0 Å². The third kappa shape index (κ3) is 3.26. The highest BCUT2D eigenvalue weighted by Crippen LogP contribution is 2.23. The van der Waals surface area contributed by atoms with Gasteiger partial charge >= 0.3 is 0 Å². The maximum absolute atomic E-state index is 13.7. The number of hydrogen-bond donors (Lipinski definition) is 1. The molecule has 1 aromatic carbocycles. The van der Waals surface area contributed by atoms with Gasteiger partial charge in [0.15, 0.2) is 11.5 Å². The van der Waals surface area contributed by atoms with E-state index in [4.69, 9.17) is 4.42 Å². The van der Waals surface area contributed by atoms with Crippen LogP contribution in [-0.4, -0.2) is 10.9 Å². The van der Waals surface area contributed by atoms with Crippen molar-refractivity contribution >= 4 is 5.91 Å². The van der Waals surface area contributed by atoms with Crippen molar-refractivity contribution in [1.82, 2.24) is 10.3 Å². The monoisotopic (exact) mass is 314 g/mol. The largest absolute Gasteiger partial charge is 0.467 e. The van der Waals surface area contributed by atoms with E-state index in [0.29, 0.717) is 11.8 Å². The molecule has 2 aromatic heterocycles. The van der Waals surface area contributed by atoms with Crippen LogP contribution in [0.2, 0.25) is 0 Å². The molecule has 0 fully saturated rings. The number of carbonyl (C=O) groups excluding carboxylic acids is 1. The summed E-state index contributed by atoms with van der Waals surface area (Å²) in [7, 11) is 0. The minimum absolute atomic E-state index is 0.473. The van der Waals surface area contributed by atoms with Gasteiger partial charge in [0.05, 0.1) is 12.5 Å². The third-order valence-electron chi connectivity index (χ3n) is 3.26. The van der Waals surface area contributed by atoms with Crippen LogP contribution in [0, 0.1) is 11.6 Å². The predicted molar refractivity (Wildman–Crippen MR) is 78.6 cm³/mol. The van der Waals surface area contributed by atoms with Crippen molar-refractivity contribution in [3.8, 4) is 0 Å². The van der Waals surface area contributed by atoms with E-state index in [1.807, 2.05) is 30.3 Å². The van der Waals surface area contributed by atoms with Gasteiger partial charge in [-0.2, -0.15) is 0 Å². The Morgan fingerprint density at radius 1 is 1.13 bits per heavy atom. The van der Waals surface area contributed by atoms with Crippen molar-refractivity contribution in [2.75, 3.05) is 0 Å². The van der Waals surface area contributed by atoms with Crippen molar-refractivity contribution in [2.24, 2.45) is 0 Å². The van der Waals surface area contributed by atoms with Crippen LogP contribution in [0.3, 0.4) is 0 Å². The average Bonchev–Trinajstić information content (AvgIpc) is 3.07. The Kier molecular flexibility index (Phi) is 4.14. The maximum atomic E-state index is 13.7. The zero-order chi connectivity index (χ0) is 16.2. The van der Waals surface area contributed by atoms with E-state index < -0.39 is 29.3 Å². The van der Waals surface area contributed by atoms with Crippen LogP contribution < -0.4 is 5.32 Å². The molecule has 1 atom stereocenters. The molecule has 0 saturated carbocycles. The average molecular weight is 314 g/mol. The first kappa shape index (κ1) is 14.9. The fourth-order valence-corrected chi connectivity index (χ4v) is 2.20. The number of furan rings is 1. The zero-order valence-corrected chi connectivity index (χ0v) is 11.9. The molecular weight excluding hydrogens is 302 g/mol. The number of nitrogens with one attached hydrogen (secondary N) is 1. The van der Waals surface area contributed by atoms with E-state index in [1.54, 1.807) is 12.1 Å². The molecule has 0 bridgehead atoms. The van der Waals surface area contributed by atoms with E-state index in [2.05, 4.69) is 10.3 Å². The number of halogens is 2. The summed E-state index contributed by atoms with van der Waals surface area (Å²) < 4.78 is 32.0. The first-order valence-corrected chi connectivity index (χ1v) is 6.85. The molecular formula is C17H12F2N2O2. The molecule has 6 heteroatoms. The minimum Gasteiger partial charge on any atom is -0.467 e. The number of carbonyl (C=O) groups is 1. The fourth-order valence-electron chi connectivity index (χ4n) is 2.20. The van der Waals surface area contributed by atoms with Crippen molar-refractivity contribution in [3.63, 3.8) is 0 Å². The molecule has 3 rings (SSSR count).